The Bertz CT molecular complexity index is 653. The van der Waals surface area contributed by atoms with Crippen LogP contribution >= 0.6 is 0 Å². The predicted molar refractivity (Wildman–Crippen MR) is 83.2 cm³/mol. The van der Waals surface area contributed by atoms with Crippen molar-refractivity contribution < 1.29 is 0 Å². The standard InChI is InChI=1S/C18H21N3/c1-2-5-16-15-10-19-11-17(15)21-18(20-16)14-8-12-6-3-4-7-13(12)9-14/h3-4,6-7,14,19H,2,5,8-11H2,1H3. The van der Waals surface area contributed by atoms with Gasteiger partial charge in [-0.2, -0.15) is 0 Å². The molecule has 1 aliphatic heterocycles. The molecule has 1 aromatic carbocycles. The number of aryl methyl sites for hydroxylation is 1. The summed E-state index contributed by atoms with van der Waals surface area (Å²) in [6.45, 7) is 4.07. The quantitative estimate of drug-likeness (QED) is 0.938. The molecule has 2 aliphatic rings. The molecule has 2 heterocycles. The molecule has 0 unspecified atom stereocenters. The fraction of sp³-hybridized carbons (Fsp3) is 0.444. The second kappa shape index (κ2) is 5.23. The highest BCUT2D eigenvalue weighted by molar-refractivity contribution is 5.37. The molecular formula is C18H21N3. The van der Waals surface area contributed by atoms with Crippen molar-refractivity contribution in [3.63, 3.8) is 0 Å². The zero-order chi connectivity index (χ0) is 14.2. The molecule has 0 saturated carbocycles. The van der Waals surface area contributed by atoms with Gasteiger partial charge < -0.3 is 5.32 Å². The van der Waals surface area contributed by atoms with Gasteiger partial charge in [0.25, 0.3) is 0 Å². The normalized spacial score (nSPS) is 17.0. The minimum Gasteiger partial charge on any atom is -0.307 e. The zero-order valence-electron chi connectivity index (χ0n) is 12.5. The fourth-order valence-electron chi connectivity index (χ4n) is 3.63. The molecule has 108 valence electrons. The van der Waals surface area contributed by atoms with Crippen molar-refractivity contribution in [2.75, 3.05) is 0 Å². The fourth-order valence-corrected chi connectivity index (χ4v) is 3.63. The van der Waals surface area contributed by atoms with Gasteiger partial charge in [0, 0.05) is 30.3 Å². The highest BCUT2D eigenvalue weighted by Gasteiger charge is 2.27. The topological polar surface area (TPSA) is 37.8 Å². The lowest BCUT2D eigenvalue weighted by Crippen LogP contribution is -2.10. The van der Waals surface area contributed by atoms with Crippen LogP contribution < -0.4 is 5.32 Å². The summed E-state index contributed by atoms with van der Waals surface area (Å²) in [6, 6.07) is 8.77. The number of rotatable bonds is 3. The summed E-state index contributed by atoms with van der Waals surface area (Å²) in [7, 11) is 0. The monoisotopic (exact) mass is 279 g/mol. The van der Waals surface area contributed by atoms with Crippen LogP contribution in [0.5, 0.6) is 0 Å². The number of aromatic nitrogens is 2. The highest BCUT2D eigenvalue weighted by Crippen LogP contribution is 2.33. The van der Waals surface area contributed by atoms with E-state index in [-0.39, 0.29) is 0 Å². The number of benzene rings is 1. The van der Waals surface area contributed by atoms with Crippen molar-refractivity contribution in [2.24, 2.45) is 0 Å². The summed E-state index contributed by atoms with van der Waals surface area (Å²) in [5.74, 6) is 1.53. The van der Waals surface area contributed by atoms with Gasteiger partial charge in [-0.25, -0.2) is 9.97 Å². The van der Waals surface area contributed by atoms with Gasteiger partial charge in [-0.1, -0.05) is 37.6 Å². The maximum Gasteiger partial charge on any atom is 0.132 e. The van der Waals surface area contributed by atoms with E-state index in [4.69, 9.17) is 9.97 Å². The number of fused-ring (bicyclic) bond motifs is 2. The van der Waals surface area contributed by atoms with E-state index in [9.17, 15) is 0 Å². The zero-order valence-corrected chi connectivity index (χ0v) is 12.5. The second-order valence-electron chi connectivity index (χ2n) is 6.18. The van der Waals surface area contributed by atoms with Crippen LogP contribution in [0, 0.1) is 0 Å². The van der Waals surface area contributed by atoms with Gasteiger partial charge in [0.2, 0.25) is 0 Å². The lowest BCUT2D eigenvalue weighted by Gasteiger charge is -2.13. The van der Waals surface area contributed by atoms with Crippen molar-refractivity contribution >= 4 is 0 Å². The number of hydrogen-bond donors (Lipinski definition) is 1. The molecule has 1 aromatic heterocycles. The molecule has 4 rings (SSSR count). The van der Waals surface area contributed by atoms with Gasteiger partial charge in [0.1, 0.15) is 5.82 Å². The van der Waals surface area contributed by atoms with Gasteiger partial charge in [-0.05, 0) is 30.4 Å². The van der Waals surface area contributed by atoms with Crippen molar-refractivity contribution in [1.82, 2.24) is 15.3 Å². The maximum absolute atomic E-state index is 4.95. The smallest absolute Gasteiger partial charge is 0.132 e. The number of nitrogens with one attached hydrogen (secondary N) is 1. The number of hydrogen-bond acceptors (Lipinski definition) is 3. The summed E-state index contributed by atoms with van der Waals surface area (Å²) < 4.78 is 0. The van der Waals surface area contributed by atoms with E-state index in [1.54, 1.807) is 0 Å². The lowest BCUT2D eigenvalue weighted by molar-refractivity contribution is 0.662. The van der Waals surface area contributed by atoms with Gasteiger partial charge in [0.05, 0.1) is 5.69 Å². The van der Waals surface area contributed by atoms with E-state index >= 15 is 0 Å². The van der Waals surface area contributed by atoms with Gasteiger partial charge in [-0.15, -0.1) is 0 Å². The third kappa shape index (κ3) is 2.26. The van der Waals surface area contributed by atoms with E-state index in [0.717, 1.165) is 44.6 Å². The molecule has 1 aliphatic carbocycles. The van der Waals surface area contributed by atoms with Crippen LogP contribution in [0.25, 0.3) is 0 Å². The molecule has 21 heavy (non-hydrogen) atoms. The Morgan fingerprint density at radius 1 is 1.10 bits per heavy atom. The third-order valence-electron chi connectivity index (χ3n) is 4.69. The minimum atomic E-state index is 0.462. The molecule has 0 fully saturated rings. The van der Waals surface area contributed by atoms with Crippen LogP contribution in [-0.2, 0) is 32.4 Å². The number of nitrogens with zero attached hydrogens (tertiary/aromatic N) is 2. The first-order valence-electron chi connectivity index (χ1n) is 8.01. The van der Waals surface area contributed by atoms with Crippen LogP contribution in [0.15, 0.2) is 24.3 Å². The largest absolute Gasteiger partial charge is 0.307 e. The Morgan fingerprint density at radius 2 is 1.86 bits per heavy atom. The Balaban J connectivity index is 1.69. The molecule has 0 saturated heterocycles. The molecule has 3 heteroatoms. The molecule has 0 atom stereocenters. The SMILES string of the molecule is CCCc1nc(C2Cc3ccccc3C2)nc2c1CNC2. The Hall–Kier alpha value is -1.74. The molecular weight excluding hydrogens is 258 g/mol. The summed E-state index contributed by atoms with van der Waals surface area (Å²) in [4.78, 5) is 9.84. The lowest BCUT2D eigenvalue weighted by atomic mass is 10.0. The first-order valence-corrected chi connectivity index (χ1v) is 8.01. The summed E-state index contributed by atoms with van der Waals surface area (Å²) >= 11 is 0. The predicted octanol–water partition coefficient (Wildman–Crippen LogP) is 2.91. The summed E-state index contributed by atoms with van der Waals surface area (Å²) in [6.07, 6.45) is 4.40. The first-order chi connectivity index (χ1) is 10.3. The van der Waals surface area contributed by atoms with E-state index in [1.165, 1.54) is 28.1 Å². The van der Waals surface area contributed by atoms with E-state index < -0.39 is 0 Å². The Labute approximate surface area is 125 Å². The van der Waals surface area contributed by atoms with Crippen LogP contribution in [0.1, 0.15) is 53.2 Å². The van der Waals surface area contributed by atoms with Crippen molar-refractivity contribution in [2.45, 2.75) is 51.6 Å². The van der Waals surface area contributed by atoms with Gasteiger partial charge in [-0.3, -0.25) is 0 Å². The van der Waals surface area contributed by atoms with E-state index in [0.29, 0.717) is 5.92 Å². The highest BCUT2D eigenvalue weighted by atomic mass is 15.0. The van der Waals surface area contributed by atoms with Gasteiger partial charge >= 0.3 is 0 Å². The Morgan fingerprint density at radius 3 is 2.57 bits per heavy atom. The van der Waals surface area contributed by atoms with E-state index in [2.05, 4.69) is 36.5 Å². The average Bonchev–Trinajstić information content (AvgIpc) is 3.13. The molecule has 1 N–H and O–H groups in total. The van der Waals surface area contributed by atoms with Crippen LogP contribution in [-0.4, -0.2) is 9.97 Å². The van der Waals surface area contributed by atoms with Crippen LogP contribution in [0.4, 0.5) is 0 Å². The minimum absolute atomic E-state index is 0.462. The first kappa shape index (κ1) is 13.0. The summed E-state index contributed by atoms with van der Waals surface area (Å²) in [5.41, 5.74) is 6.82. The van der Waals surface area contributed by atoms with Crippen LogP contribution in [0.2, 0.25) is 0 Å². The van der Waals surface area contributed by atoms with Crippen molar-refractivity contribution in [1.29, 1.82) is 0 Å². The molecule has 0 amide bonds. The molecule has 2 aromatic rings. The third-order valence-corrected chi connectivity index (χ3v) is 4.69. The average molecular weight is 279 g/mol. The molecule has 0 bridgehead atoms. The molecule has 0 spiro atoms. The van der Waals surface area contributed by atoms with E-state index in [1.807, 2.05) is 0 Å². The summed E-state index contributed by atoms with van der Waals surface area (Å²) in [5, 5.41) is 3.42. The van der Waals surface area contributed by atoms with Crippen molar-refractivity contribution in [3.8, 4) is 0 Å². The van der Waals surface area contributed by atoms with Crippen LogP contribution in [0.3, 0.4) is 0 Å². The molecule has 0 radical (unpaired) electrons. The maximum atomic E-state index is 4.95. The molecule has 3 nitrogen and oxygen atoms in total. The Kier molecular flexibility index (Phi) is 3.23. The van der Waals surface area contributed by atoms with Gasteiger partial charge in [0.15, 0.2) is 0 Å². The van der Waals surface area contributed by atoms with Crippen molar-refractivity contribution in [3.05, 3.63) is 58.2 Å². The second-order valence-corrected chi connectivity index (χ2v) is 6.18.